The molecule has 0 aliphatic carbocycles. The molecular weight excluding hydrogens is 450 g/mol. The van der Waals surface area contributed by atoms with Crippen molar-refractivity contribution in [3.63, 3.8) is 0 Å². The van der Waals surface area contributed by atoms with Crippen LogP contribution in [0.4, 0.5) is 5.69 Å². The second kappa shape index (κ2) is 11.2. The number of rotatable bonds is 7. The van der Waals surface area contributed by atoms with Gasteiger partial charge in [0.15, 0.2) is 5.76 Å². The molecule has 4 rings (SSSR count). The first-order chi connectivity index (χ1) is 17.0. The zero-order valence-corrected chi connectivity index (χ0v) is 19.9. The molecule has 10 nitrogen and oxygen atoms in total. The second-order valence-corrected chi connectivity index (χ2v) is 8.70. The van der Waals surface area contributed by atoms with Crippen molar-refractivity contribution < 1.29 is 23.6 Å². The maximum Gasteiger partial charge on any atom is 0.289 e. The smallest absolute Gasteiger partial charge is 0.289 e. The number of carbonyl (C=O) groups is 4. The number of aryl methyl sites for hydroxylation is 1. The van der Waals surface area contributed by atoms with Gasteiger partial charge in [-0.3, -0.25) is 24.1 Å². The summed E-state index contributed by atoms with van der Waals surface area (Å²) in [6, 6.07) is 9.99. The monoisotopic (exact) mass is 481 g/mol. The van der Waals surface area contributed by atoms with E-state index in [1.807, 2.05) is 36.1 Å². The Kier molecular flexibility index (Phi) is 7.81. The van der Waals surface area contributed by atoms with Gasteiger partial charge in [-0.2, -0.15) is 0 Å². The van der Waals surface area contributed by atoms with Gasteiger partial charge >= 0.3 is 0 Å². The third-order valence-electron chi connectivity index (χ3n) is 6.45. The summed E-state index contributed by atoms with van der Waals surface area (Å²) >= 11 is 0. The molecule has 0 bridgehead atoms. The molecule has 186 valence electrons. The van der Waals surface area contributed by atoms with Crippen LogP contribution in [0.25, 0.3) is 0 Å². The highest BCUT2D eigenvalue weighted by atomic mass is 16.3. The summed E-state index contributed by atoms with van der Waals surface area (Å²) in [6.07, 6.45) is 2.13. The first-order valence-corrected chi connectivity index (χ1v) is 12.0. The molecule has 1 atom stereocenters. The minimum Gasteiger partial charge on any atom is -0.459 e. The number of hydrogen-bond acceptors (Lipinski definition) is 6. The maximum atomic E-state index is 13.1. The lowest BCUT2D eigenvalue weighted by Gasteiger charge is -2.38. The summed E-state index contributed by atoms with van der Waals surface area (Å²) < 4.78 is 5.19. The highest BCUT2D eigenvalue weighted by molar-refractivity contribution is 5.98. The number of nitrogens with one attached hydrogen (secondary N) is 2. The molecule has 2 aliphatic rings. The molecule has 2 N–H and O–H groups in total. The van der Waals surface area contributed by atoms with E-state index in [0.717, 1.165) is 17.7 Å². The third kappa shape index (κ3) is 5.89. The van der Waals surface area contributed by atoms with Crippen molar-refractivity contribution in [3.8, 4) is 0 Å². The molecule has 10 heteroatoms. The van der Waals surface area contributed by atoms with Gasteiger partial charge in [0, 0.05) is 45.0 Å². The van der Waals surface area contributed by atoms with Gasteiger partial charge in [-0.25, -0.2) is 0 Å². The molecule has 35 heavy (non-hydrogen) atoms. The minimum absolute atomic E-state index is 0.110. The van der Waals surface area contributed by atoms with Gasteiger partial charge in [-0.15, -0.1) is 0 Å². The summed E-state index contributed by atoms with van der Waals surface area (Å²) in [5.41, 5.74) is 1.72. The number of furan rings is 1. The van der Waals surface area contributed by atoms with Crippen LogP contribution >= 0.6 is 0 Å². The molecule has 2 aliphatic heterocycles. The Bertz CT molecular complexity index is 1060. The topological polar surface area (TPSA) is 115 Å². The summed E-state index contributed by atoms with van der Waals surface area (Å²) in [5.74, 6) is -0.688. The summed E-state index contributed by atoms with van der Waals surface area (Å²) in [7, 11) is 0. The van der Waals surface area contributed by atoms with Gasteiger partial charge in [0.25, 0.3) is 5.91 Å². The van der Waals surface area contributed by atoms with Crippen LogP contribution in [0.1, 0.15) is 29.5 Å². The molecule has 0 unspecified atom stereocenters. The van der Waals surface area contributed by atoms with Gasteiger partial charge < -0.3 is 24.9 Å². The number of hydrogen-bond donors (Lipinski definition) is 2. The van der Waals surface area contributed by atoms with Crippen LogP contribution in [0.5, 0.6) is 0 Å². The number of para-hydroxylation sites is 1. The number of nitrogens with zero attached hydrogens (tertiary/aromatic N) is 3. The van der Waals surface area contributed by atoms with Crippen molar-refractivity contribution in [1.29, 1.82) is 0 Å². The van der Waals surface area contributed by atoms with Crippen LogP contribution in [0.2, 0.25) is 0 Å². The van der Waals surface area contributed by atoms with Crippen molar-refractivity contribution in [3.05, 3.63) is 54.0 Å². The quantitative estimate of drug-likeness (QED) is 0.609. The molecule has 1 aromatic carbocycles. The van der Waals surface area contributed by atoms with E-state index in [9.17, 15) is 19.2 Å². The predicted molar refractivity (Wildman–Crippen MR) is 129 cm³/mol. The van der Waals surface area contributed by atoms with E-state index in [1.54, 1.807) is 17.0 Å². The molecule has 0 spiro atoms. The molecular formula is C25H31N5O5. The molecule has 4 amide bonds. The van der Waals surface area contributed by atoms with Gasteiger partial charge in [0.1, 0.15) is 6.04 Å². The lowest BCUT2D eigenvalue weighted by atomic mass is 10.1. The first-order valence-electron chi connectivity index (χ1n) is 12.0. The van der Waals surface area contributed by atoms with Gasteiger partial charge in [-0.1, -0.05) is 25.1 Å². The molecule has 2 fully saturated rings. The number of amides is 4. The Balaban J connectivity index is 1.32. The molecule has 3 heterocycles. The Labute approximate surface area is 204 Å². The largest absolute Gasteiger partial charge is 0.459 e. The van der Waals surface area contributed by atoms with Crippen molar-refractivity contribution in [2.45, 2.75) is 25.8 Å². The van der Waals surface area contributed by atoms with E-state index in [1.165, 1.54) is 11.2 Å². The van der Waals surface area contributed by atoms with Crippen LogP contribution in [-0.2, 0) is 20.8 Å². The summed E-state index contributed by atoms with van der Waals surface area (Å²) in [6.45, 7) is 4.89. The van der Waals surface area contributed by atoms with Gasteiger partial charge in [-0.05, 0) is 30.2 Å². The molecule has 2 aromatic rings. The Morgan fingerprint density at radius 2 is 1.83 bits per heavy atom. The van der Waals surface area contributed by atoms with E-state index in [2.05, 4.69) is 10.6 Å². The summed E-state index contributed by atoms with van der Waals surface area (Å²) in [5, 5.41) is 5.65. The standard InChI is InChI=1S/C25H31N5O5/c1-2-18-6-3-4-7-19(18)27-22(31)16-20-24(33)26-9-10-30(20)23(32)17-28-11-13-29(14-12-28)25(34)21-8-5-15-35-21/h3-8,15,20H,2,9-14,16-17H2,1H3,(H,26,33)(H,27,31)/t20-/m1/s1. The molecule has 0 saturated carbocycles. The highest BCUT2D eigenvalue weighted by Crippen LogP contribution is 2.18. The molecule has 0 radical (unpaired) electrons. The van der Waals surface area contributed by atoms with E-state index in [4.69, 9.17) is 4.42 Å². The van der Waals surface area contributed by atoms with Crippen LogP contribution in [0.3, 0.4) is 0 Å². The Morgan fingerprint density at radius 3 is 2.54 bits per heavy atom. The zero-order valence-electron chi connectivity index (χ0n) is 19.9. The first kappa shape index (κ1) is 24.5. The van der Waals surface area contributed by atoms with Crippen LogP contribution in [0, 0.1) is 0 Å². The number of piperazine rings is 2. The van der Waals surface area contributed by atoms with Gasteiger partial charge in [0.05, 0.1) is 19.2 Å². The van der Waals surface area contributed by atoms with Crippen molar-refractivity contribution >= 4 is 29.3 Å². The Morgan fingerprint density at radius 1 is 1.06 bits per heavy atom. The Hall–Kier alpha value is -3.66. The minimum atomic E-state index is -0.855. The van der Waals surface area contributed by atoms with Crippen molar-refractivity contribution in [2.75, 3.05) is 51.1 Å². The van der Waals surface area contributed by atoms with Crippen LogP contribution in [0.15, 0.2) is 47.1 Å². The third-order valence-corrected chi connectivity index (χ3v) is 6.45. The van der Waals surface area contributed by atoms with Crippen LogP contribution in [-0.4, -0.2) is 90.2 Å². The number of carbonyl (C=O) groups excluding carboxylic acids is 4. The van der Waals surface area contributed by atoms with E-state index < -0.39 is 6.04 Å². The predicted octanol–water partition coefficient (Wildman–Crippen LogP) is 0.956. The second-order valence-electron chi connectivity index (χ2n) is 8.70. The van der Waals surface area contributed by atoms with E-state index in [0.29, 0.717) is 45.0 Å². The average Bonchev–Trinajstić information content (AvgIpc) is 3.41. The number of anilines is 1. The zero-order chi connectivity index (χ0) is 24.8. The normalized spacial score (nSPS) is 18.8. The fraction of sp³-hybridized carbons (Fsp3) is 0.440. The SMILES string of the molecule is CCc1ccccc1NC(=O)C[C@@H]1C(=O)NCCN1C(=O)CN1CCN(C(=O)c2ccco2)CC1. The fourth-order valence-electron chi connectivity index (χ4n) is 4.49. The molecule has 1 aromatic heterocycles. The number of benzene rings is 1. The average molecular weight is 482 g/mol. The van der Waals surface area contributed by atoms with Crippen molar-refractivity contribution in [2.24, 2.45) is 0 Å². The highest BCUT2D eigenvalue weighted by Gasteiger charge is 2.36. The van der Waals surface area contributed by atoms with E-state index in [-0.39, 0.29) is 36.6 Å². The van der Waals surface area contributed by atoms with E-state index >= 15 is 0 Å². The van der Waals surface area contributed by atoms with Gasteiger partial charge in [0.2, 0.25) is 17.7 Å². The van der Waals surface area contributed by atoms with Crippen molar-refractivity contribution in [1.82, 2.24) is 20.0 Å². The fourth-order valence-corrected chi connectivity index (χ4v) is 4.49. The summed E-state index contributed by atoms with van der Waals surface area (Å²) in [4.78, 5) is 56.1. The lowest BCUT2D eigenvalue weighted by molar-refractivity contribution is -0.145. The molecule has 2 saturated heterocycles. The lowest BCUT2D eigenvalue weighted by Crippen LogP contribution is -2.60. The van der Waals surface area contributed by atoms with Crippen LogP contribution < -0.4 is 10.6 Å². The maximum absolute atomic E-state index is 13.1.